The highest BCUT2D eigenvalue weighted by Gasteiger charge is 2.27. The number of amides is 2. The smallest absolute Gasteiger partial charge is 0.254 e. The molecule has 78 valence electrons. The van der Waals surface area contributed by atoms with Crippen LogP contribution in [0.4, 0.5) is 0 Å². The molecule has 1 aromatic rings. The van der Waals surface area contributed by atoms with Crippen molar-refractivity contribution < 1.29 is 9.59 Å². The molecule has 0 spiro atoms. The Morgan fingerprint density at radius 3 is 2.87 bits per heavy atom. The van der Waals surface area contributed by atoms with E-state index in [4.69, 9.17) is 5.84 Å². The second kappa shape index (κ2) is 3.70. The number of fused-ring (bicyclic) bond motifs is 1. The maximum absolute atomic E-state index is 11.8. The number of carbonyl (C=O) groups is 2. The lowest BCUT2D eigenvalue weighted by Gasteiger charge is -2.13. The summed E-state index contributed by atoms with van der Waals surface area (Å²) in [6.07, 6.45) is 0. The van der Waals surface area contributed by atoms with E-state index < -0.39 is 0 Å². The second-order valence-electron chi connectivity index (χ2n) is 3.39. The number of nitrogens with zero attached hydrogens (tertiary/aromatic N) is 1. The molecule has 1 heterocycles. The van der Waals surface area contributed by atoms with Crippen LogP contribution in [-0.2, 0) is 11.3 Å². The van der Waals surface area contributed by atoms with Crippen molar-refractivity contribution in [1.29, 1.82) is 0 Å². The first kappa shape index (κ1) is 9.67. The summed E-state index contributed by atoms with van der Waals surface area (Å²) in [7, 11) is 0. The van der Waals surface area contributed by atoms with Crippen LogP contribution >= 0.6 is 0 Å². The Labute approximate surface area is 86.8 Å². The van der Waals surface area contributed by atoms with Gasteiger partial charge in [0.25, 0.3) is 11.8 Å². The first-order valence-electron chi connectivity index (χ1n) is 4.59. The number of nitrogens with one attached hydrogen (secondary N) is 1. The molecule has 2 amide bonds. The van der Waals surface area contributed by atoms with Gasteiger partial charge in [-0.05, 0) is 11.6 Å². The number of hydrogen-bond acceptors (Lipinski definition) is 3. The van der Waals surface area contributed by atoms with E-state index in [2.05, 4.69) is 0 Å². The fraction of sp³-hybridized carbons (Fsp3) is 0.200. The monoisotopic (exact) mass is 205 g/mol. The Morgan fingerprint density at radius 2 is 2.20 bits per heavy atom. The predicted molar refractivity (Wildman–Crippen MR) is 53.5 cm³/mol. The summed E-state index contributed by atoms with van der Waals surface area (Å²) < 4.78 is 0. The van der Waals surface area contributed by atoms with Gasteiger partial charge >= 0.3 is 0 Å². The van der Waals surface area contributed by atoms with Crippen LogP contribution in [0.3, 0.4) is 0 Å². The van der Waals surface area contributed by atoms with Crippen LogP contribution in [0.25, 0.3) is 0 Å². The summed E-state index contributed by atoms with van der Waals surface area (Å²) >= 11 is 0. The van der Waals surface area contributed by atoms with E-state index in [1.54, 1.807) is 6.07 Å². The number of rotatable bonds is 2. The van der Waals surface area contributed by atoms with Crippen molar-refractivity contribution in [3.05, 3.63) is 35.4 Å². The molecular weight excluding hydrogens is 194 g/mol. The van der Waals surface area contributed by atoms with Crippen LogP contribution in [0.2, 0.25) is 0 Å². The third-order valence-electron chi connectivity index (χ3n) is 2.39. The zero-order valence-corrected chi connectivity index (χ0v) is 8.06. The number of benzene rings is 1. The molecular formula is C10H11N3O2. The van der Waals surface area contributed by atoms with Crippen molar-refractivity contribution in [2.75, 3.05) is 6.54 Å². The number of hydrogen-bond donors (Lipinski definition) is 2. The molecule has 0 saturated carbocycles. The largest absolute Gasteiger partial charge is 0.325 e. The zero-order valence-electron chi connectivity index (χ0n) is 8.06. The second-order valence-corrected chi connectivity index (χ2v) is 3.39. The fourth-order valence-corrected chi connectivity index (χ4v) is 1.66. The van der Waals surface area contributed by atoms with Gasteiger partial charge in [-0.1, -0.05) is 18.2 Å². The molecule has 0 atom stereocenters. The lowest BCUT2D eigenvalue weighted by atomic mass is 10.1. The van der Waals surface area contributed by atoms with Crippen molar-refractivity contribution in [3.63, 3.8) is 0 Å². The molecule has 1 aliphatic rings. The Balaban J connectivity index is 2.17. The third-order valence-corrected chi connectivity index (χ3v) is 2.39. The topological polar surface area (TPSA) is 75.4 Å². The lowest BCUT2D eigenvalue weighted by molar-refractivity contribution is -0.121. The first-order chi connectivity index (χ1) is 7.22. The minimum absolute atomic E-state index is 0.00398. The Kier molecular flexibility index (Phi) is 2.39. The summed E-state index contributed by atoms with van der Waals surface area (Å²) in [5.74, 6) is 4.48. The van der Waals surface area contributed by atoms with Gasteiger partial charge in [0, 0.05) is 12.1 Å². The number of nitrogens with two attached hydrogens (primary N) is 1. The van der Waals surface area contributed by atoms with Gasteiger partial charge in [-0.3, -0.25) is 15.0 Å². The molecule has 2 rings (SSSR count). The SMILES string of the molecule is NNC(=O)CN1Cc2ccccc2C1=O. The van der Waals surface area contributed by atoms with Gasteiger partial charge in [-0.15, -0.1) is 0 Å². The van der Waals surface area contributed by atoms with Gasteiger partial charge in [0.2, 0.25) is 0 Å². The summed E-state index contributed by atoms with van der Waals surface area (Å²) in [6, 6.07) is 7.33. The summed E-state index contributed by atoms with van der Waals surface area (Å²) in [6.45, 7) is 0.479. The number of carbonyl (C=O) groups excluding carboxylic acids is 2. The van der Waals surface area contributed by atoms with Crippen LogP contribution < -0.4 is 11.3 Å². The Hall–Kier alpha value is -1.88. The Morgan fingerprint density at radius 1 is 1.47 bits per heavy atom. The Bertz CT molecular complexity index is 417. The van der Waals surface area contributed by atoms with Gasteiger partial charge in [0.15, 0.2) is 0 Å². The maximum Gasteiger partial charge on any atom is 0.254 e. The highest BCUT2D eigenvalue weighted by Crippen LogP contribution is 2.21. The summed E-state index contributed by atoms with van der Waals surface area (Å²) in [4.78, 5) is 24.3. The maximum atomic E-state index is 11.8. The van der Waals surface area contributed by atoms with Crippen molar-refractivity contribution in [1.82, 2.24) is 10.3 Å². The molecule has 1 aromatic carbocycles. The van der Waals surface area contributed by atoms with E-state index in [0.717, 1.165) is 5.56 Å². The molecule has 0 unspecified atom stereocenters. The summed E-state index contributed by atoms with van der Waals surface area (Å²) in [5, 5.41) is 0. The molecule has 0 aliphatic carbocycles. The van der Waals surface area contributed by atoms with E-state index in [1.807, 2.05) is 23.6 Å². The van der Waals surface area contributed by atoms with Gasteiger partial charge in [-0.25, -0.2) is 5.84 Å². The standard InChI is InChI=1S/C10H11N3O2/c11-12-9(14)6-13-5-7-3-1-2-4-8(7)10(13)15/h1-4H,5-6,11H2,(H,12,14). The molecule has 0 saturated heterocycles. The molecule has 0 bridgehead atoms. The van der Waals surface area contributed by atoms with E-state index in [1.165, 1.54) is 4.90 Å². The minimum atomic E-state index is -0.365. The van der Waals surface area contributed by atoms with Crippen LogP contribution in [0.1, 0.15) is 15.9 Å². The van der Waals surface area contributed by atoms with Gasteiger partial charge in [-0.2, -0.15) is 0 Å². The van der Waals surface area contributed by atoms with Gasteiger partial charge in [0.1, 0.15) is 6.54 Å². The van der Waals surface area contributed by atoms with Gasteiger partial charge < -0.3 is 4.90 Å². The zero-order chi connectivity index (χ0) is 10.8. The summed E-state index contributed by atoms with van der Waals surface area (Å²) in [5.41, 5.74) is 3.63. The lowest BCUT2D eigenvalue weighted by Crippen LogP contribution is -2.40. The minimum Gasteiger partial charge on any atom is -0.325 e. The van der Waals surface area contributed by atoms with Crippen LogP contribution in [0.5, 0.6) is 0 Å². The molecule has 0 fully saturated rings. The van der Waals surface area contributed by atoms with Crippen molar-refractivity contribution in [2.24, 2.45) is 5.84 Å². The quantitative estimate of drug-likeness (QED) is 0.393. The van der Waals surface area contributed by atoms with E-state index >= 15 is 0 Å². The average Bonchev–Trinajstić information content (AvgIpc) is 2.57. The molecule has 1 aliphatic heterocycles. The molecule has 3 N–H and O–H groups in total. The van der Waals surface area contributed by atoms with Crippen LogP contribution in [0, 0.1) is 0 Å². The van der Waals surface area contributed by atoms with Crippen molar-refractivity contribution in [2.45, 2.75) is 6.54 Å². The van der Waals surface area contributed by atoms with Crippen LogP contribution in [-0.4, -0.2) is 23.3 Å². The van der Waals surface area contributed by atoms with E-state index in [9.17, 15) is 9.59 Å². The predicted octanol–water partition coefficient (Wildman–Crippen LogP) is -0.368. The third kappa shape index (κ3) is 1.69. The van der Waals surface area contributed by atoms with Gasteiger partial charge in [0.05, 0.1) is 0 Å². The molecule has 0 aromatic heterocycles. The molecule has 5 heteroatoms. The highest BCUT2D eigenvalue weighted by atomic mass is 16.2. The van der Waals surface area contributed by atoms with Crippen molar-refractivity contribution in [3.8, 4) is 0 Å². The normalized spacial score (nSPS) is 13.9. The molecule has 0 radical (unpaired) electrons. The average molecular weight is 205 g/mol. The van der Waals surface area contributed by atoms with E-state index in [-0.39, 0.29) is 18.4 Å². The molecule has 5 nitrogen and oxygen atoms in total. The first-order valence-corrected chi connectivity index (χ1v) is 4.59. The highest BCUT2D eigenvalue weighted by molar-refractivity contribution is 6.00. The number of hydrazine groups is 1. The van der Waals surface area contributed by atoms with E-state index in [0.29, 0.717) is 12.1 Å². The molecule has 15 heavy (non-hydrogen) atoms. The van der Waals surface area contributed by atoms with Crippen LogP contribution in [0.15, 0.2) is 24.3 Å². The fourth-order valence-electron chi connectivity index (χ4n) is 1.66. The van der Waals surface area contributed by atoms with Crippen molar-refractivity contribution >= 4 is 11.8 Å².